The molecule has 0 saturated carbocycles. The second-order valence-corrected chi connectivity index (χ2v) is 3.36. The molecule has 0 amide bonds. The van der Waals surface area contributed by atoms with Crippen LogP contribution in [-0.2, 0) is 0 Å². The predicted octanol–water partition coefficient (Wildman–Crippen LogP) is 1.67. The van der Waals surface area contributed by atoms with E-state index in [1.165, 1.54) is 11.1 Å². The molecule has 0 radical (unpaired) electrons. The predicted molar refractivity (Wildman–Crippen MR) is 55.7 cm³/mol. The number of benzene rings is 1. The van der Waals surface area contributed by atoms with Crippen molar-refractivity contribution in [2.24, 2.45) is 0 Å². The van der Waals surface area contributed by atoms with Crippen LogP contribution in [0.1, 0.15) is 11.1 Å². The second kappa shape index (κ2) is 3.14. The molecular weight excluding hydrogens is 176 g/mol. The fourth-order valence-electron chi connectivity index (χ4n) is 1.47. The number of hydrogen-bond donors (Lipinski definition) is 2. The van der Waals surface area contributed by atoms with E-state index in [9.17, 15) is 0 Å². The first-order chi connectivity index (χ1) is 6.66. The van der Waals surface area contributed by atoms with Gasteiger partial charge >= 0.3 is 0 Å². The Morgan fingerprint density at radius 1 is 1.29 bits per heavy atom. The van der Waals surface area contributed by atoms with Crippen LogP contribution >= 0.6 is 0 Å². The molecule has 1 heterocycles. The molecule has 3 N–H and O–H groups in total. The fraction of sp³-hybridized carbons (Fsp3) is 0.200. The number of nitrogens with one attached hydrogen (secondary N) is 1. The van der Waals surface area contributed by atoms with E-state index < -0.39 is 0 Å². The molecule has 4 nitrogen and oxygen atoms in total. The van der Waals surface area contributed by atoms with E-state index in [0.29, 0.717) is 0 Å². The highest BCUT2D eigenvalue weighted by Gasteiger charge is 2.05. The van der Waals surface area contributed by atoms with E-state index in [1.54, 1.807) is 0 Å². The largest absolute Gasteiger partial charge is 0.366 e. The molecule has 0 saturated heterocycles. The number of aromatic amines is 1. The minimum absolute atomic E-state index is 0.278. The van der Waals surface area contributed by atoms with Crippen molar-refractivity contribution in [3.63, 3.8) is 0 Å². The van der Waals surface area contributed by atoms with Gasteiger partial charge in [-0.15, -0.1) is 5.10 Å². The van der Waals surface area contributed by atoms with Crippen LogP contribution in [0.2, 0.25) is 0 Å². The third kappa shape index (κ3) is 1.46. The Balaban J connectivity index is 2.52. The third-order valence-corrected chi connectivity index (χ3v) is 2.14. The summed E-state index contributed by atoms with van der Waals surface area (Å²) in [5.41, 5.74) is 8.89. The first-order valence-electron chi connectivity index (χ1n) is 4.42. The third-order valence-electron chi connectivity index (χ3n) is 2.14. The Bertz CT molecular complexity index is 459. The van der Waals surface area contributed by atoms with Crippen molar-refractivity contribution in [1.82, 2.24) is 15.2 Å². The van der Waals surface area contributed by atoms with E-state index in [-0.39, 0.29) is 5.95 Å². The summed E-state index contributed by atoms with van der Waals surface area (Å²) in [5, 5.41) is 6.59. The molecular formula is C10H12N4. The molecule has 72 valence electrons. The molecule has 2 rings (SSSR count). The van der Waals surface area contributed by atoms with Crippen LogP contribution in [0, 0.1) is 13.8 Å². The van der Waals surface area contributed by atoms with Crippen molar-refractivity contribution in [2.75, 3.05) is 5.73 Å². The van der Waals surface area contributed by atoms with Gasteiger partial charge in [-0.2, -0.15) is 4.98 Å². The van der Waals surface area contributed by atoms with Crippen LogP contribution in [0.25, 0.3) is 11.4 Å². The summed E-state index contributed by atoms with van der Waals surface area (Å²) in [7, 11) is 0. The van der Waals surface area contributed by atoms with Gasteiger partial charge in [-0.1, -0.05) is 23.8 Å². The summed E-state index contributed by atoms with van der Waals surface area (Å²) < 4.78 is 0. The van der Waals surface area contributed by atoms with E-state index >= 15 is 0 Å². The van der Waals surface area contributed by atoms with E-state index in [2.05, 4.69) is 28.2 Å². The van der Waals surface area contributed by atoms with Gasteiger partial charge in [0.2, 0.25) is 5.95 Å². The van der Waals surface area contributed by atoms with E-state index in [1.807, 2.05) is 19.1 Å². The van der Waals surface area contributed by atoms with Crippen LogP contribution in [0.3, 0.4) is 0 Å². The van der Waals surface area contributed by atoms with Gasteiger partial charge < -0.3 is 5.73 Å². The number of nitrogen functional groups attached to an aromatic ring is 1. The zero-order chi connectivity index (χ0) is 10.1. The summed E-state index contributed by atoms with van der Waals surface area (Å²) >= 11 is 0. The summed E-state index contributed by atoms with van der Waals surface area (Å²) in [6, 6.07) is 6.17. The lowest BCUT2D eigenvalue weighted by Gasteiger charge is -2.02. The van der Waals surface area contributed by atoms with Crippen LogP contribution in [0.5, 0.6) is 0 Å². The van der Waals surface area contributed by atoms with Gasteiger partial charge in [-0.05, 0) is 19.4 Å². The van der Waals surface area contributed by atoms with Crippen molar-refractivity contribution in [3.05, 3.63) is 29.3 Å². The van der Waals surface area contributed by atoms with Gasteiger partial charge in [0, 0.05) is 5.56 Å². The standard InChI is InChI=1S/C10H12N4/c1-6-3-4-8(7(2)5-6)9-12-10(11)14-13-9/h3-5H,1-2H3,(H3,11,12,13,14). The normalized spacial score (nSPS) is 10.4. The molecule has 0 fully saturated rings. The molecule has 0 bridgehead atoms. The summed E-state index contributed by atoms with van der Waals surface area (Å²) in [6.45, 7) is 4.10. The maximum absolute atomic E-state index is 5.44. The van der Waals surface area contributed by atoms with Crippen LogP contribution < -0.4 is 5.73 Å². The maximum atomic E-state index is 5.44. The average molecular weight is 188 g/mol. The number of hydrogen-bond acceptors (Lipinski definition) is 3. The molecule has 0 unspecified atom stereocenters. The first kappa shape index (κ1) is 8.74. The fourth-order valence-corrected chi connectivity index (χ4v) is 1.47. The Labute approximate surface area is 82.2 Å². The molecule has 0 aliphatic heterocycles. The van der Waals surface area contributed by atoms with Crippen molar-refractivity contribution in [2.45, 2.75) is 13.8 Å². The second-order valence-electron chi connectivity index (χ2n) is 3.36. The molecule has 0 aliphatic carbocycles. The van der Waals surface area contributed by atoms with E-state index in [4.69, 9.17) is 5.73 Å². The molecule has 1 aromatic carbocycles. The number of nitrogens with two attached hydrogens (primary N) is 1. The minimum atomic E-state index is 0.278. The molecule has 2 aromatic rings. The molecule has 14 heavy (non-hydrogen) atoms. The van der Waals surface area contributed by atoms with Gasteiger partial charge in [0.1, 0.15) is 0 Å². The Kier molecular flexibility index (Phi) is 1.96. The van der Waals surface area contributed by atoms with Crippen LogP contribution in [0.15, 0.2) is 18.2 Å². The highest BCUT2D eigenvalue weighted by Crippen LogP contribution is 2.20. The number of H-pyrrole nitrogens is 1. The highest BCUT2D eigenvalue weighted by atomic mass is 15.3. The quantitative estimate of drug-likeness (QED) is 0.715. The molecule has 0 spiro atoms. The number of aryl methyl sites for hydroxylation is 2. The molecule has 4 heteroatoms. The summed E-state index contributed by atoms with van der Waals surface area (Å²) in [6.07, 6.45) is 0. The SMILES string of the molecule is Cc1ccc(-c2nc(N)n[nH]2)c(C)c1. The zero-order valence-corrected chi connectivity index (χ0v) is 8.20. The van der Waals surface area contributed by atoms with Crippen molar-refractivity contribution in [3.8, 4) is 11.4 Å². The van der Waals surface area contributed by atoms with Gasteiger partial charge in [-0.25, -0.2) is 0 Å². The molecule has 0 atom stereocenters. The Morgan fingerprint density at radius 2 is 2.07 bits per heavy atom. The molecule has 0 aliphatic rings. The first-order valence-corrected chi connectivity index (χ1v) is 4.42. The summed E-state index contributed by atoms with van der Waals surface area (Å²) in [4.78, 5) is 4.08. The minimum Gasteiger partial charge on any atom is -0.366 e. The molecule has 1 aromatic heterocycles. The van der Waals surface area contributed by atoms with Gasteiger partial charge in [0.05, 0.1) is 0 Å². The number of anilines is 1. The zero-order valence-electron chi connectivity index (χ0n) is 8.20. The van der Waals surface area contributed by atoms with Crippen molar-refractivity contribution in [1.29, 1.82) is 0 Å². The lowest BCUT2D eigenvalue weighted by molar-refractivity contribution is 1.10. The highest BCUT2D eigenvalue weighted by molar-refractivity contribution is 5.61. The number of aromatic nitrogens is 3. The van der Waals surface area contributed by atoms with Gasteiger partial charge in [0.25, 0.3) is 0 Å². The lowest BCUT2D eigenvalue weighted by Crippen LogP contribution is -1.87. The van der Waals surface area contributed by atoms with Gasteiger partial charge in [-0.3, -0.25) is 5.10 Å². The van der Waals surface area contributed by atoms with Crippen LogP contribution in [-0.4, -0.2) is 15.2 Å². The van der Waals surface area contributed by atoms with Crippen LogP contribution in [0.4, 0.5) is 5.95 Å². The van der Waals surface area contributed by atoms with Gasteiger partial charge in [0.15, 0.2) is 5.82 Å². The summed E-state index contributed by atoms with van der Waals surface area (Å²) in [5.74, 6) is 1.000. The topological polar surface area (TPSA) is 67.6 Å². The van der Waals surface area contributed by atoms with E-state index in [0.717, 1.165) is 11.4 Å². The maximum Gasteiger partial charge on any atom is 0.239 e. The Hall–Kier alpha value is -1.84. The average Bonchev–Trinajstić information content (AvgIpc) is 2.51. The Morgan fingerprint density at radius 3 is 2.64 bits per heavy atom. The lowest BCUT2D eigenvalue weighted by atomic mass is 10.1. The van der Waals surface area contributed by atoms with Crippen molar-refractivity contribution >= 4 is 5.95 Å². The van der Waals surface area contributed by atoms with Crippen molar-refractivity contribution < 1.29 is 0 Å². The smallest absolute Gasteiger partial charge is 0.239 e. The number of rotatable bonds is 1. The number of nitrogens with zero attached hydrogens (tertiary/aromatic N) is 2. The monoisotopic (exact) mass is 188 g/mol.